The van der Waals surface area contributed by atoms with Crippen LogP contribution in [0.3, 0.4) is 0 Å². The van der Waals surface area contributed by atoms with Gasteiger partial charge in [-0.25, -0.2) is 0 Å². The number of pyridine rings is 1. The Labute approximate surface area is 157 Å². The molecule has 1 aromatic rings. The maximum atomic E-state index is 13.2. The van der Waals surface area contributed by atoms with Crippen molar-refractivity contribution in [3.05, 3.63) is 42.2 Å². The van der Waals surface area contributed by atoms with Crippen LogP contribution in [0.2, 0.25) is 0 Å². The first-order valence-corrected chi connectivity index (χ1v) is 9.59. The van der Waals surface area contributed by atoms with Crippen molar-refractivity contribution >= 4 is 11.8 Å². The zero-order valence-corrected chi connectivity index (χ0v) is 15.1. The van der Waals surface area contributed by atoms with Crippen LogP contribution in [-0.4, -0.2) is 77.7 Å². The van der Waals surface area contributed by atoms with Crippen LogP contribution in [-0.2, 0) is 25.5 Å². The van der Waals surface area contributed by atoms with Crippen molar-refractivity contribution in [2.45, 2.75) is 18.1 Å². The van der Waals surface area contributed by atoms with Crippen molar-refractivity contribution in [1.82, 2.24) is 14.8 Å². The summed E-state index contributed by atoms with van der Waals surface area (Å²) in [6.45, 7) is 3.45. The molecule has 7 nitrogen and oxygen atoms in total. The first-order valence-electron chi connectivity index (χ1n) is 9.59. The average Bonchev–Trinajstić information content (AvgIpc) is 3.35. The molecule has 3 fully saturated rings. The Balaban J connectivity index is 1.33. The zero-order valence-electron chi connectivity index (χ0n) is 15.1. The first-order chi connectivity index (χ1) is 13.2. The number of ether oxygens (including phenoxy) is 2. The molecule has 2 amide bonds. The van der Waals surface area contributed by atoms with Crippen LogP contribution >= 0.6 is 0 Å². The van der Waals surface area contributed by atoms with E-state index in [-0.39, 0.29) is 17.9 Å². The molecular formula is C20H23N3O4. The van der Waals surface area contributed by atoms with Gasteiger partial charge in [0.25, 0.3) is 0 Å². The van der Waals surface area contributed by atoms with Crippen LogP contribution in [0.15, 0.2) is 36.7 Å². The van der Waals surface area contributed by atoms with Crippen molar-refractivity contribution in [2.24, 2.45) is 11.8 Å². The molecular weight excluding hydrogens is 346 g/mol. The molecule has 0 aliphatic carbocycles. The maximum absolute atomic E-state index is 13.2. The second kappa shape index (κ2) is 6.42. The summed E-state index contributed by atoms with van der Waals surface area (Å²) in [6.07, 6.45) is 8.00. The number of hydrogen-bond acceptors (Lipinski definition) is 5. The van der Waals surface area contributed by atoms with E-state index in [9.17, 15) is 9.59 Å². The highest BCUT2D eigenvalue weighted by Crippen LogP contribution is 2.52. The largest absolute Gasteiger partial charge is 0.378 e. The van der Waals surface area contributed by atoms with Crippen LogP contribution < -0.4 is 0 Å². The summed E-state index contributed by atoms with van der Waals surface area (Å²) in [5.74, 6) is -0.738. The van der Waals surface area contributed by atoms with E-state index < -0.39 is 17.4 Å². The summed E-state index contributed by atoms with van der Waals surface area (Å²) in [6, 6.07) is 3.93. The lowest BCUT2D eigenvalue weighted by molar-refractivity contribution is -0.146. The minimum absolute atomic E-state index is 0.0314. The molecule has 142 valence electrons. The number of hydrogen-bond donors (Lipinski definition) is 0. The number of rotatable bonds is 4. The van der Waals surface area contributed by atoms with Gasteiger partial charge in [-0.05, 0) is 24.1 Å². The van der Waals surface area contributed by atoms with Gasteiger partial charge in [-0.2, -0.15) is 0 Å². The number of fused-ring (bicyclic) bond motifs is 1. The maximum Gasteiger partial charge on any atom is 0.230 e. The van der Waals surface area contributed by atoms with Gasteiger partial charge in [-0.15, -0.1) is 0 Å². The van der Waals surface area contributed by atoms with E-state index in [0.29, 0.717) is 39.4 Å². The van der Waals surface area contributed by atoms with E-state index in [1.165, 1.54) is 0 Å². The molecule has 27 heavy (non-hydrogen) atoms. The van der Waals surface area contributed by atoms with Crippen LogP contribution in [0.1, 0.15) is 5.56 Å². The quantitative estimate of drug-likeness (QED) is 0.713. The number of aromatic nitrogens is 1. The summed E-state index contributed by atoms with van der Waals surface area (Å²) in [4.78, 5) is 34.0. The van der Waals surface area contributed by atoms with E-state index >= 15 is 0 Å². The highest BCUT2D eigenvalue weighted by molar-refractivity contribution is 5.93. The third-order valence-corrected chi connectivity index (χ3v) is 6.21. The van der Waals surface area contributed by atoms with Crippen molar-refractivity contribution in [3.8, 4) is 0 Å². The Kier molecular flexibility index (Phi) is 4.02. The molecule has 0 aromatic carbocycles. The first kappa shape index (κ1) is 16.9. The number of nitrogens with zero attached hydrogens (tertiary/aromatic N) is 3. The Bertz CT molecular complexity index is 777. The molecule has 4 atom stereocenters. The van der Waals surface area contributed by atoms with E-state index in [1.54, 1.807) is 12.4 Å². The Hall–Kier alpha value is -2.25. The van der Waals surface area contributed by atoms with Gasteiger partial charge < -0.3 is 19.3 Å². The second-order valence-corrected chi connectivity index (χ2v) is 7.70. The summed E-state index contributed by atoms with van der Waals surface area (Å²) >= 11 is 0. The summed E-state index contributed by atoms with van der Waals surface area (Å²) < 4.78 is 11.6. The van der Waals surface area contributed by atoms with Crippen LogP contribution in [0.4, 0.5) is 0 Å². The smallest absolute Gasteiger partial charge is 0.230 e. The SMILES string of the molecule is O=C([C@H]1[C@@H]2C=C[C@@]3(CN(CCc4ccncc4)C(=O)[C@H]13)O2)N1CCOCC1. The van der Waals surface area contributed by atoms with Crippen molar-refractivity contribution in [2.75, 3.05) is 39.4 Å². The fourth-order valence-electron chi connectivity index (χ4n) is 4.86. The van der Waals surface area contributed by atoms with Gasteiger partial charge in [0.15, 0.2) is 0 Å². The van der Waals surface area contributed by atoms with Gasteiger partial charge in [0.2, 0.25) is 11.8 Å². The average molecular weight is 369 g/mol. The molecule has 7 heteroatoms. The van der Waals surface area contributed by atoms with Crippen LogP contribution in [0.5, 0.6) is 0 Å². The highest BCUT2D eigenvalue weighted by atomic mass is 16.5. The normalized spacial score (nSPS) is 34.4. The van der Waals surface area contributed by atoms with E-state index in [4.69, 9.17) is 9.47 Å². The predicted molar refractivity (Wildman–Crippen MR) is 95.6 cm³/mol. The third-order valence-electron chi connectivity index (χ3n) is 6.21. The van der Waals surface area contributed by atoms with Crippen molar-refractivity contribution < 1.29 is 19.1 Å². The number of likely N-dealkylation sites (tertiary alicyclic amines) is 1. The Morgan fingerprint density at radius 2 is 2.04 bits per heavy atom. The molecule has 1 aromatic heterocycles. The molecule has 2 bridgehead atoms. The fourth-order valence-corrected chi connectivity index (χ4v) is 4.86. The number of carbonyl (C=O) groups is 2. The third kappa shape index (κ3) is 2.68. The number of carbonyl (C=O) groups excluding carboxylic acids is 2. The molecule has 0 N–H and O–H groups in total. The number of amides is 2. The van der Waals surface area contributed by atoms with Gasteiger partial charge in [-0.1, -0.05) is 12.2 Å². The van der Waals surface area contributed by atoms with Gasteiger partial charge in [0.05, 0.1) is 37.7 Å². The predicted octanol–water partition coefficient (Wildman–Crippen LogP) is 0.265. The molecule has 0 radical (unpaired) electrons. The standard InChI is InChI=1S/C20H23N3O4/c24-18(22-9-11-26-12-10-22)16-15-1-5-20(27-15)13-23(19(25)17(16)20)8-4-14-2-6-21-7-3-14/h1-3,5-7,15-17H,4,8-13H2/t15-,16-,17-,20-/m0/s1. The van der Waals surface area contributed by atoms with Gasteiger partial charge in [0.1, 0.15) is 5.60 Å². The Morgan fingerprint density at radius 3 is 2.81 bits per heavy atom. The van der Waals surface area contributed by atoms with E-state index in [1.807, 2.05) is 34.1 Å². The molecule has 5 heterocycles. The summed E-state index contributed by atoms with van der Waals surface area (Å²) in [5, 5.41) is 0. The zero-order chi connectivity index (χ0) is 18.4. The molecule has 1 spiro atoms. The fraction of sp³-hybridized carbons (Fsp3) is 0.550. The van der Waals surface area contributed by atoms with Crippen LogP contribution in [0, 0.1) is 11.8 Å². The molecule has 4 aliphatic rings. The second-order valence-electron chi connectivity index (χ2n) is 7.70. The highest BCUT2D eigenvalue weighted by Gasteiger charge is 2.67. The Morgan fingerprint density at radius 1 is 1.26 bits per heavy atom. The summed E-state index contributed by atoms with van der Waals surface area (Å²) in [7, 11) is 0. The topological polar surface area (TPSA) is 72.0 Å². The number of morpholine rings is 1. The van der Waals surface area contributed by atoms with Crippen LogP contribution in [0.25, 0.3) is 0 Å². The molecule has 3 saturated heterocycles. The molecule has 5 rings (SSSR count). The van der Waals surface area contributed by atoms with Crippen molar-refractivity contribution in [1.29, 1.82) is 0 Å². The summed E-state index contributed by atoms with van der Waals surface area (Å²) in [5.41, 5.74) is 0.515. The van der Waals surface area contributed by atoms with E-state index in [0.717, 1.165) is 12.0 Å². The van der Waals surface area contributed by atoms with E-state index in [2.05, 4.69) is 4.98 Å². The minimum atomic E-state index is -0.632. The molecule has 4 aliphatic heterocycles. The molecule has 0 unspecified atom stereocenters. The van der Waals surface area contributed by atoms with Gasteiger partial charge >= 0.3 is 0 Å². The molecule has 0 saturated carbocycles. The lowest BCUT2D eigenvalue weighted by Gasteiger charge is -2.32. The lowest BCUT2D eigenvalue weighted by atomic mass is 9.76. The minimum Gasteiger partial charge on any atom is -0.378 e. The van der Waals surface area contributed by atoms with Gasteiger partial charge in [-0.3, -0.25) is 14.6 Å². The van der Waals surface area contributed by atoms with Gasteiger partial charge in [0, 0.05) is 32.0 Å². The lowest BCUT2D eigenvalue weighted by Crippen LogP contribution is -2.49. The monoisotopic (exact) mass is 369 g/mol. The van der Waals surface area contributed by atoms with Crippen molar-refractivity contribution in [3.63, 3.8) is 0 Å².